The van der Waals surface area contributed by atoms with E-state index in [1.54, 1.807) is 12.1 Å². The lowest BCUT2D eigenvalue weighted by Gasteiger charge is -2.29. The first-order valence-electron chi connectivity index (χ1n) is 5.87. The first-order valence-corrected chi connectivity index (χ1v) is 7.41. The van der Waals surface area contributed by atoms with Crippen molar-refractivity contribution in [1.29, 1.82) is 0 Å². The SMILES string of the molecule is CCN(c1ccc(S(N)(=O)=O)cc1)C(C)CC(=O)O. The topological polar surface area (TPSA) is 101 Å². The number of benzene rings is 1. The Hall–Kier alpha value is -1.60. The van der Waals surface area contributed by atoms with E-state index in [2.05, 4.69) is 0 Å². The molecule has 0 aliphatic carbocycles. The van der Waals surface area contributed by atoms with Crippen LogP contribution < -0.4 is 10.0 Å². The number of hydrogen-bond acceptors (Lipinski definition) is 4. The van der Waals surface area contributed by atoms with Gasteiger partial charge in [-0.05, 0) is 38.1 Å². The normalized spacial score (nSPS) is 13.0. The fourth-order valence-electron chi connectivity index (χ4n) is 1.94. The summed E-state index contributed by atoms with van der Waals surface area (Å²) in [5.74, 6) is -0.868. The van der Waals surface area contributed by atoms with E-state index in [1.165, 1.54) is 12.1 Å². The fraction of sp³-hybridized carbons (Fsp3) is 0.417. The number of aliphatic carboxylic acids is 1. The standard InChI is InChI=1S/C12H18N2O4S/c1-3-14(9(2)8-12(15)16)10-4-6-11(7-5-10)19(13,17)18/h4-7,9H,3,8H2,1-2H3,(H,15,16)(H2,13,17,18). The van der Waals surface area contributed by atoms with Gasteiger partial charge >= 0.3 is 5.97 Å². The molecule has 0 saturated heterocycles. The number of primary sulfonamides is 1. The lowest BCUT2D eigenvalue weighted by Crippen LogP contribution is -2.34. The van der Waals surface area contributed by atoms with Crippen LogP contribution in [-0.2, 0) is 14.8 Å². The van der Waals surface area contributed by atoms with Crippen LogP contribution in [0.5, 0.6) is 0 Å². The summed E-state index contributed by atoms with van der Waals surface area (Å²) in [4.78, 5) is 12.7. The number of nitrogens with two attached hydrogens (primary N) is 1. The van der Waals surface area contributed by atoms with E-state index in [1.807, 2.05) is 18.7 Å². The minimum Gasteiger partial charge on any atom is -0.481 e. The van der Waals surface area contributed by atoms with E-state index >= 15 is 0 Å². The molecule has 1 aromatic rings. The molecule has 7 heteroatoms. The molecule has 0 amide bonds. The van der Waals surface area contributed by atoms with Gasteiger partial charge in [-0.3, -0.25) is 4.79 Å². The van der Waals surface area contributed by atoms with Crippen LogP contribution in [-0.4, -0.2) is 32.1 Å². The van der Waals surface area contributed by atoms with E-state index < -0.39 is 16.0 Å². The Balaban J connectivity index is 2.97. The van der Waals surface area contributed by atoms with Crippen LogP contribution in [0.3, 0.4) is 0 Å². The van der Waals surface area contributed by atoms with Crippen molar-refractivity contribution in [2.75, 3.05) is 11.4 Å². The first kappa shape index (κ1) is 15.5. The molecule has 1 aromatic carbocycles. The molecule has 3 N–H and O–H groups in total. The van der Waals surface area contributed by atoms with Crippen molar-refractivity contribution in [3.63, 3.8) is 0 Å². The Morgan fingerprint density at radius 2 is 1.89 bits per heavy atom. The van der Waals surface area contributed by atoms with Gasteiger partial charge in [0, 0.05) is 18.3 Å². The highest BCUT2D eigenvalue weighted by Crippen LogP contribution is 2.20. The number of carboxylic acid groups (broad SMARTS) is 1. The van der Waals surface area contributed by atoms with Crippen LogP contribution in [0.25, 0.3) is 0 Å². The van der Waals surface area contributed by atoms with E-state index in [9.17, 15) is 13.2 Å². The van der Waals surface area contributed by atoms with Crippen LogP contribution in [0.2, 0.25) is 0 Å². The second-order valence-corrected chi connectivity index (χ2v) is 5.83. The average molecular weight is 286 g/mol. The summed E-state index contributed by atoms with van der Waals surface area (Å²) in [5, 5.41) is 13.8. The third-order valence-corrected chi connectivity index (χ3v) is 3.77. The maximum absolute atomic E-state index is 11.1. The molecule has 0 saturated carbocycles. The summed E-state index contributed by atoms with van der Waals surface area (Å²) in [6, 6.07) is 5.91. The minimum absolute atomic E-state index is 0.0186. The highest BCUT2D eigenvalue weighted by atomic mass is 32.2. The third-order valence-electron chi connectivity index (χ3n) is 2.84. The molecule has 0 aliphatic rings. The number of carbonyl (C=O) groups is 1. The molecule has 0 heterocycles. The third kappa shape index (κ3) is 4.22. The number of carboxylic acids is 1. The Morgan fingerprint density at radius 3 is 2.26 bits per heavy atom. The predicted octanol–water partition coefficient (Wildman–Crippen LogP) is 1.02. The molecule has 19 heavy (non-hydrogen) atoms. The Bertz CT molecular complexity index is 539. The van der Waals surface area contributed by atoms with E-state index in [-0.39, 0.29) is 17.4 Å². The van der Waals surface area contributed by atoms with Gasteiger partial charge in [-0.15, -0.1) is 0 Å². The van der Waals surface area contributed by atoms with Crippen molar-refractivity contribution in [2.45, 2.75) is 31.2 Å². The Morgan fingerprint density at radius 1 is 1.37 bits per heavy atom. The minimum atomic E-state index is -3.70. The number of sulfonamides is 1. The van der Waals surface area contributed by atoms with Gasteiger partial charge in [0.25, 0.3) is 0 Å². The number of anilines is 1. The van der Waals surface area contributed by atoms with Crippen LogP contribution in [0.4, 0.5) is 5.69 Å². The van der Waals surface area contributed by atoms with Gasteiger partial charge < -0.3 is 10.0 Å². The van der Waals surface area contributed by atoms with Crippen LogP contribution in [0.1, 0.15) is 20.3 Å². The van der Waals surface area contributed by atoms with E-state index in [0.717, 1.165) is 5.69 Å². The summed E-state index contributed by atoms with van der Waals surface area (Å²) in [6.45, 7) is 4.35. The molecule has 0 spiro atoms. The molecule has 0 bridgehead atoms. The number of rotatable bonds is 6. The van der Waals surface area contributed by atoms with E-state index in [4.69, 9.17) is 10.2 Å². The summed E-state index contributed by atoms with van der Waals surface area (Å²) < 4.78 is 22.3. The lowest BCUT2D eigenvalue weighted by molar-refractivity contribution is -0.137. The molecule has 0 fully saturated rings. The quantitative estimate of drug-likeness (QED) is 0.813. The van der Waals surface area contributed by atoms with Crippen molar-refractivity contribution in [3.05, 3.63) is 24.3 Å². The van der Waals surface area contributed by atoms with Gasteiger partial charge in [-0.25, -0.2) is 13.6 Å². The molecule has 0 radical (unpaired) electrons. The second-order valence-electron chi connectivity index (χ2n) is 4.27. The molecular formula is C12H18N2O4S. The van der Waals surface area contributed by atoms with E-state index in [0.29, 0.717) is 6.54 Å². The smallest absolute Gasteiger partial charge is 0.305 e. The largest absolute Gasteiger partial charge is 0.481 e. The zero-order valence-corrected chi connectivity index (χ0v) is 11.7. The summed E-state index contributed by atoms with van der Waals surface area (Å²) in [7, 11) is -3.70. The summed E-state index contributed by atoms with van der Waals surface area (Å²) >= 11 is 0. The molecular weight excluding hydrogens is 268 g/mol. The van der Waals surface area contributed by atoms with Crippen LogP contribution in [0.15, 0.2) is 29.2 Å². The van der Waals surface area contributed by atoms with Gasteiger partial charge in [-0.2, -0.15) is 0 Å². The van der Waals surface area contributed by atoms with Crippen molar-refractivity contribution < 1.29 is 18.3 Å². The zero-order chi connectivity index (χ0) is 14.6. The van der Waals surface area contributed by atoms with Crippen LogP contribution >= 0.6 is 0 Å². The van der Waals surface area contributed by atoms with Crippen molar-refractivity contribution >= 4 is 21.7 Å². The Labute approximate surface area is 112 Å². The molecule has 0 aromatic heterocycles. The van der Waals surface area contributed by atoms with Gasteiger partial charge in [0.2, 0.25) is 10.0 Å². The Kier molecular flexibility index (Phi) is 4.90. The molecule has 0 aliphatic heterocycles. The first-order chi connectivity index (χ1) is 8.75. The maximum Gasteiger partial charge on any atom is 0.305 e. The molecule has 1 rings (SSSR count). The van der Waals surface area contributed by atoms with Gasteiger partial charge in [0.1, 0.15) is 0 Å². The highest BCUT2D eigenvalue weighted by molar-refractivity contribution is 7.89. The average Bonchev–Trinajstić information content (AvgIpc) is 2.28. The number of hydrogen-bond donors (Lipinski definition) is 2. The monoisotopic (exact) mass is 286 g/mol. The lowest BCUT2D eigenvalue weighted by atomic mass is 10.1. The second kappa shape index (κ2) is 6.03. The molecule has 6 nitrogen and oxygen atoms in total. The van der Waals surface area contributed by atoms with Gasteiger partial charge in [-0.1, -0.05) is 0 Å². The molecule has 106 valence electrons. The van der Waals surface area contributed by atoms with Gasteiger partial charge in [0.15, 0.2) is 0 Å². The molecule has 1 atom stereocenters. The summed E-state index contributed by atoms with van der Waals surface area (Å²) in [5.41, 5.74) is 0.767. The van der Waals surface area contributed by atoms with Crippen molar-refractivity contribution in [2.24, 2.45) is 5.14 Å². The maximum atomic E-state index is 11.1. The van der Waals surface area contributed by atoms with Crippen molar-refractivity contribution in [3.8, 4) is 0 Å². The molecule has 1 unspecified atom stereocenters. The van der Waals surface area contributed by atoms with Crippen LogP contribution in [0, 0.1) is 0 Å². The van der Waals surface area contributed by atoms with Gasteiger partial charge in [0.05, 0.1) is 11.3 Å². The highest BCUT2D eigenvalue weighted by Gasteiger charge is 2.16. The fourth-order valence-corrected chi connectivity index (χ4v) is 2.45. The summed E-state index contributed by atoms with van der Waals surface area (Å²) in [6.07, 6.45) is 0.0186. The van der Waals surface area contributed by atoms with Crippen molar-refractivity contribution in [1.82, 2.24) is 0 Å². The zero-order valence-electron chi connectivity index (χ0n) is 10.9. The predicted molar refractivity (Wildman–Crippen MR) is 72.6 cm³/mol. The number of nitrogens with zero attached hydrogens (tertiary/aromatic N) is 1.